The molecule has 2 aromatic rings. The molecule has 2 N–H and O–H groups in total. The van der Waals surface area contributed by atoms with Crippen molar-refractivity contribution in [2.75, 3.05) is 10.6 Å². The van der Waals surface area contributed by atoms with Gasteiger partial charge in [-0.05, 0) is 55.7 Å². The largest absolute Gasteiger partial charge is 0.374 e. The van der Waals surface area contributed by atoms with E-state index in [9.17, 15) is 9.18 Å². The fourth-order valence-corrected chi connectivity index (χ4v) is 2.34. The normalized spacial score (nSPS) is 11.8. The number of carbonyl (C=O) groups is 1. The number of aryl methyl sites for hydroxylation is 2. The highest BCUT2D eigenvalue weighted by atomic mass is 19.1. The Kier molecular flexibility index (Phi) is 5.74. The summed E-state index contributed by atoms with van der Waals surface area (Å²) in [5, 5.41) is 5.92. The van der Waals surface area contributed by atoms with E-state index in [1.54, 1.807) is 13.0 Å². The van der Waals surface area contributed by atoms with Crippen molar-refractivity contribution in [2.45, 2.75) is 39.7 Å². The minimum Gasteiger partial charge on any atom is -0.374 e. The molecular weight excluding hydrogens is 291 g/mol. The van der Waals surface area contributed by atoms with E-state index in [4.69, 9.17) is 0 Å². The predicted octanol–water partition coefficient (Wildman–Crippen LogP) is 4.53. The summed E-state index contributed by atoms with van der Waals surface area (Å²) in [6.07, 6.45) is 2.16. The fourth-order valence-electron chi connectivity index (χ4n) is 2.34. The minimum absolute atomic E-state index is 0.198. The lowest BCUT2D eigenvalue weighted by atomic mass is 10.1. The van der Waals surface area contributed by atoms with Gasteiger partial charge in [-0.15, -0.1) is 0 Å². The van der Waals surface area contributed by atoms with E-state index in [0.717, 1.165) is 24.1 Å². The average molecular weight is 314 g/mol. The van der Waals surface area contributed by atoms with Crippen LogP contribution in [0.4, 0.5) is 15.8 Å². The maximum Gasteiger partial charge on any atom is 0.246 e. The number of anilines is 2. The van der Waals surface area contributed by atoms with Gasteiger partial charge in [0.25, 0.3) is 0 Å². The number of hydrogen-bond acceptors (Lipinski definition) is 2. The van der Waals surface area contributed by atoms with Crippen LogP contribution in [-0.4, -0.2) is 11.9 Å². The molecule has 3 nitrogen and oxygen atoms in total. The lowest BCUT2D eigenvalue weighted by Crippen LogP contribution is -2.32. The van der Waals surface area contributed by atoms with Crippen molar-refractivity contribution in [3.8, 4) is 0 Å². The van der Waals surface area contributed by atoms with Crippen LogP contribution in [0.2, 0.25) is 0 Å². The summed E-state index contributed by atoms with van der Waals surface area (Å²) in [6, 6.07) is 12.0. The third-order valence-electron chi connectivity index (χ3n) is 3.73. The highest BCUT2D eigenvalue weighted by Gasteiger charge is 2.14. The van der Waals surface area contributed by atoms with Crippen LogP contribution >= 0.6 is 0 Å². The topological polar surface area (TPSA) is 41.1 Å². The molecule has 0 saturated carbocycles. The zero-order valence-corrected chi connectivity index (χ0v) is 13.8. The molecule has 0 aromatic heterocycles. The van der Waals surface area contributed by atoms with Gasteiger partial charge in [0, 0.05) is 11.4 Å². The molecule has 0 heterocycles. The number of hydrogen-bond donors (Lipinski definition) is 2. The first kappa shape index (κ1) is 17.0. The number of halogens is 1. The van der Waals surface area contributed by atoms with Crippen LogP contribution < -0.4 is 10.6 Å². The Morgan fingerprint density at radius 3 is 2.52 bits per heavy atom. The van der Waals surface area contributed by atoms with Gasteiger partial charge in [-0.2, -0.15) is 0 Å². The van der Waals surface area contributed by atoms with Crippen LogP contribution in [0.25, 0.3) is 0 Å². The Morgan fingerprint density at radius 1 is 1.17 bits per heavy atom. The SMILES string of the molecule is CCCc1ccc(NC(C)C(=O)Nc2cc(F)ccc2C)cc1. The molecule has 1 atom stereocenters. The maximum atomic E-state index is 13.3. The van der Waals surface area contributed by atoms with Gasteiger partial charge in [-0.3, -0.25) is 4.79 Å². The van der Waals surface area contributed by atoms with E-state index in [2.05, 4.69) is 29.7 Å². The number of rotatable bonds is 6. The minimum atomic E-state index is -0.422. The van der Waals surface area contributed by atoms with E-state index in [1.165, 1.54) is 17.7 Å². The monoisotopic (exact) mass is 314 g/mol. The Hall–Kier alpha value is -2.36. The van der Waals surface area contributed by atoms with Crippen molar-refractivity contribution in [1.82, 2.24) is 0 Å². The smallest absolute Gasteiger partial charge is 0.246 e. The zero-order chi connectivity index (χ0) is 16.8. The molecule has 0 bridgehead atoms. The second-order valence-corrected chi connectivity index (χ2v) is 5.76. The van der Waals surface area contributed by atoms with Gasteiger partial charge in [0.15, 0.2) is 0 Å². The summed E-state index contributed by atoms with van der Waals surface area (Å²) in [6.45, 7) is 5.76. The second kappa shape index (κ2) is 7.77. The molecule has 0 spiro atoms. The molecule has 1 amide bonds. The van der Waals surface area contributed by atoms with Crippen LogP contribution in [-0.2, 0) is 11.2 Å². The third-order valence-corrected chi connectivity index (χ3v) is 3.73. The molecule has 23 heavy (non-hydrogen) atoms. The maximum absolute atomic E-state index is 13.3. The lowest BCUT2D eigenvalue weighted by Gasteiger charge is -2.16. The van der Waals surface area contributed by atoms with Crippen molar-refractivity contribution < 1.29 is 9.18 Å². The molecule has 0 aliphatic rings. The van der Waals surface area contributed by atoms with Crippen LogP contribution in [0.15, 0.2) is 42.5 Å². The third kappa shape index (κ3) is 4.81. The van der Waals surface area contributed by atoms with Crippen LogP contribution in [0.3, 0.4) is 0 Å². The Labute approximate surface area is 136 Å². The molecular formula is C19H23FN2O. The highest BCUT2D eigenvalue weighted by Crippen LogP contribution is 2.17. The van der Waals surface area contributed by atoms with Crippen LogP contribution in [0, 0.1) is 12.7 Å². The van der Waals surface area contributed by atoms with E-state index in [-0.39, 0.29) is 11.7 Å². The Morgan fingerprint density at radius 2 is 1.87 bits per heavy atom. The Bertz CT molecular complexity index is 668. The molecule has 122 valence electrons. The molecule has 1 unspecified atom stereocenters. The van der Waals surface area contributed by atoms with Crippen LogP contribution in [0.5, 0.6) is 0 Å². The molecule has 0 aliphatic heterocycles. The van der Waals surface area contributed by atoms with Crippen molar-refractivity contribution in [1.29, 1.82) is 0 Å². The first-order valence-electron chi connectivity index (χ1n) is 7.92. The number of amides is 1. The van der Waals surface area contributed by atoms with Gasteiger partial charge in [-0.25, -0.2) is 4.39 Å². The molecule has 2 rings (SSSR count). The lowest BCUT2D eigenvalue weighted by molar-refractivity contribution is -0.116. The number of benzene rings is 2. The zero-order valence-electron chi connectivity index (χ0n) is 13.8. The quantitative estimate of drug-likeness (QED) is 0.822. The molecule has 0 aliphatic carbocycles. The number of carbonyl (C=O) groups excluding carboxylic acids is 1. The van der Waals surface area contributed by atoms with Gasteiger partial charge < -0.3 is 10.6 Å². The van der Waals surface area contributed by atoms with Crippen molar-refractivity contribution in [2.24, 2.45) is 0 Å². The van der Waals surface area contributed by atoms with Crippen molar-refractivity contribution >= 4 is 17.3 Å². The summed E-state index contributed by atoms with van der Waals surface area (Å²) in [5.41, 5.74) is 3.51. The summed E-state index contributed by atoms with van der Waals surface area (Å²) >= 11 is 0. The van der Waals surface area contributed by atoms with Crippen molar-refractivity contribution in [3.05, 3.63) is 59.4 Å². The predicted molar refractivity (Wildman–Crippen MR) is 93.3 cm³/mol. The standard InChI is InChI=1S/C19H23FN2O/c1-4-5-15-7-10-17(11-8-15)21-14(3)19(23)22-18-12-16(20)9-6-13(18)2/h6-12,14,21H,4-5H2,1-3H3,(H,22,23). The summed E-state index contributed by atoms with van der Waals surface area (Å²) in [4.78, 5) is 12.3. The fraction of sp³-hybridized carbons (Fsp3) is 0.316. The molecule has 4 heteroatoms. The van der Waals surface area contributed by atoms with Crippen LogP contribution in [0.1, 0.15) is 31.4 Å². The first-order valence-corrected chi connectivity index (χ1v) is 7.92. The van der Waals surface area contributed by atoms with E-state index in [1.807, 2.05) is 19.1 Å². The Balaban J connectivity index is 1.98. The second-order valence-electron chi connectivity index (χ2n) is 5.76. The summed E-state index contributed by atoms with van der Waals surface area (Å²) in [7, 11) is 0. The number of nitrogens with one attached hydrogen (secondary N) is 2. The molecule has 0 fully saturated rings. The summed E-state index contributed by atoms with van der Waals surface area (Å²) < 4.78 is 13.3. The van der Waals surface area contributed by atoms with E-state index >= 15 is 0 Å². The molecule has 2 aromatic carbocycles. The van der Waals surface area contributed by atoms with Crippen molar-refractivity contribution in [3.63, 3.8) is 0 Å². The average Bonchev–Trinajstić information content (AvgIpc) is 2.53. The summed E-state index contributed by atoms with van der Waals surface area (Å²) in [5.74, 6) is -0.561. The molecule has 0 saturated heterocycles. The van der Waals surface area contributed by atoms with Gasteiger partial charge in [-0.1, -0.05) is 31.5 Å². The first-order chi connectivity index (χ1) is 11.0. The van der Waals surface area contributed by atoms with Gasteiger partial charge in [0.2, 0.25) is 5.91 Å². The highest BCUT2D eigenvalue weighted by molar-refractivity contribution is 5.96. The van der Waals surface area contributed by atoms with Gasteiger partial charge >= 0.3 is 0 Å². The van der Waals surface area contributed by atoms with E-state index in [0.29, 0.717) is 5.69 Å². The van der Waals surface area contributed by atoms with E-state index < -0.39 is 6.04 Å². The molecule has 0 radical (unpaired) electrons. The van der Waals surface area contributed by atoms with Gasteiger partial charge in [0.1, 0.15) is 11.9 Å². The van der Waals surface area contributed by atoms with Gasteiger partial charge in [0.05, 0.1) is 0 Å².